The van der Waals surface area contributed by atoms with Crippen molar-refractivity contribution < 1.29 is 14.8 Å². The molecule has 19 heavy (non-hydrogen) atoms. The molecule has 106 valence electrons. The van der Waals surface area contributed by atoms with Gasteiger partial charge in [0.15, 0.2) is 0 Å². The fourth-order valence-corrected chi connectivity index (χ4v) is 1.73. The van der Waals surface area contributed by atoms with Crippen LogP contribution in [0, 0.1) is 0 Å². The van der Waals surface area contributed by atoms with Crippen molar-refractivity contribution in [1.29, 1.82) is 0 Å². The molecule has 0 aliphatic carbocycles. The smallest absolute Gasteiger partial charge is 0.243 e. The van der Waals surface area contributed by atoms with Crippen molar-refractivity contribution in [3.63, 3.8) is 0 Å². The van der Waals surface area contributed by atoms with Crippen LogP contribution in [0.5, 0.6) is 0 Å². The Bertz CT molecular complexity index is 345. The molecule has 6 nitrogen and oxygen atoms in total. The number of amides is 2. The summed E-state index contributed by atoms with van der Waals surface area (Å²) in [7, 11) is 0. The molecular formula is C13H21N3O3. The molecule has 0 aromatic rings. The molecule has 1 rings (SSSR count). The number of hydrogen-bond donors (Lipinski definition) is 4. The van der Waals surface area contributed by atoms with E-state index in [9.17, 15) is 9.59 Å². The normalized spacial score (nSPS) is 17.4. The van der Waals surface area contributed by atoms with Crippen LogP contribution in [0.2, 0.25) is 0 Å². The van der Waals surface area contributed by atoms with E-state index < -0.39 is 0 Å². The van der Waals surface area contributed by atoms with Crippen LogP contribution < -0.4 is 16.1 Å². The largest absolute Gasteiger partial charge is 0.385 e. The second-order valence-electron chi connectivity index (χ2n) is 4.41. The maximum absolute atomic E-state index is 11.4. The summed E-state index contributed by atoms with van der Waals surface area (Å²) in [4.78, 5) is 22.2. The summed E-state index contributed by atoms with van der Waals surface area (Å²) < 4.78 is 0. The van der Waals surface area contributed by atoms with Gasteiger partial charge in [-0.15, -0.1) is 0 Å². The maximum Gasteiger partial charge on any atom is 0.243 e. The van der Waals surface area contributed by atoms with Crippen LogP contribution in [0.15, 0.2) is 24.4 Å². The summed E-state index contributed by atoms with van der Waals surface area (Å²) >= 11 is 0. The van der Waals surface area contributed by atoms with Crippen molar-refractivity contribution in [2.75, 3.05) is 6.54 Å². The molecule has 0 saturated carbocycles. The first kappa shape index (κ1) is 15.2. The minimum Gasteiger partial charge on any atom is -0.385 e. The molecule has 2 amide bonds. The quantitative estimate of drug-likeness (QED) is 0.224. The highest BCUT2D eigenvalue weighted by atomic mass is 16.5. The van der Waals surface area contributed by atoms with Crippen molar-refractivity contribution in [2.45, 2.75) is 38.1 Å². The zero-order valence-electron chi connectivity index (χ0n) is 10.9. The first-order chi connectivity index (χ1) is 9.22. The van der Waals surface area contributed by atoms with E-state index >= 15 is 0 Å². The van der Waals surface area contributed by atoms with Gasteiger partial charge in [0.2, 0.25) is 11.8 Å². The highest BCUT2D eigenvalue weighted by molar-refractivity contribution is 5.87. The number of hydrogen-bond acceptors (Lipinski definition) is 4. The molecule has 1 unspecified atom stereocenters. The number of carbonyl (C=O) groups excluding carboxylic acids is 2. The first-order valence-electron chi connectivity index (χ1n) is 6.52. The van der Waals surface area contributed by atoms with E-state index in [-0.39, 0.29) is 17.9 Å². The van der Waals surface area contributed by atoms with Crippen molar-refractivity contribution in [2.24, 2.45) is 0 Å². The molecule has 1 heterocycles. The summed E-state index contributed by atoms with van der Waals surface area (Å²) in [6, 6.07) is 0.225. The van der Waals surface area contributed by atoms with Gasteiger partial charge in [-0.05, 0) is 25.5 Å². The van der Waals surface area contributed by atoms with Crippen molar-refractivity contribution in [1.82, 2.24) is 16.1 Å². The molecule has 0 spiro atoms. The predicted octanol–water partition coefficient (Wildman–Crippen LogP) is 0.600. The van der Waals surface area contributed by atoms with Crippen molar-refractivity contribution in [3.8, 4) is 0 Å². The molecule has 0 radical (unpaired) electrons. The van der Waals surface area contributed by atoms with Crippen LogP contribution in [0.4, 0.5) is 0 Å². The number of hydroxylamine groups is 1. The Morgan fingerprint density at radius 2 is 2.21 bits per heavy atom. The van der Waals surface area contributed by atoms with Gasteiger partial charge in [0.05, 0.1) is 0 Å². The molecule has 0 aromatic heterocycles. The van der Waals surface area contributed by atoms with Gasteiger partial charge in [-0.25, -0.2) is 5.48 Å². The lowest BCUT2D eigenvalue weighted by Crippen LogP contribution is -2.24. The maximum atomic E-state index is 11.4. The standard InChI is InChI=1S/C13H21N3O3/c17-12(8-7-11-5-4-10-14-11)15-9-3-1-2-6-13(18)16-19/h4,7-8,10-11,14,19H,1-3,5-6,9H2,(H,15,17)(H,16,18)/b8-7+. The Kier molecular flexibility index (Phi) is 7.34. The minimum absolute atomic E-state index is 0.0956. The number of unbranched alkanes of at least 4 members (excludes halogenated alkanes) is 2. The second-order valence-corrected chi connectivity index (χ2v) is 4.41. The van der Waals surface area contributed by atoms with Crippen LogP contribution in [-0.2, 0) is 9.59 Å². The van der Waals surface area contributed by atoms with E-state index in [0.717, 1.165) is 19.3 Å². The fourth-order valence-electron chi connectivity index (χ4n) is 1.73. The van der Waals surface area contributed by atoms with Gasteiger partial charge in [-0.2, -0.15) is 0 Å². The van der Waals surface area contributed by atoms with Gasteiger partial charge in [0, 0.05) is 25.1 Å². The molecule has 1 aliphatic rings. The third kappa shape index (κ3) is 7.25. The van der Waals surface area contributed by atoms with E-state index in [1.807, 2.05) is 18.4 Å². The Morgan fingerprint density at radius 3 is 2.89 bits per heavy atom. The lowest BCUT2D eigenvalue weighted by Gasteiger charge is -2.04. The SMILES string of the molecule is O=C(/C=C/C1CC=CN1)NCCCCCC(=O)NO. The van der Waals surface area contributed by atoms with Gasteiger partial charge in [-0.3, -0.25) is 14.8 Å². The average Bonchev–Trinajstić information content (AvgIpc) is 2.93. The van der Waals surface area contributed by atoms with Crippen LogP contribution in [0.3, 0.4) is 0 Å². The van der Waals surface area contributed by atoms with Gasteiger partial charge in [0.1, 0.15) is 0 Å². The topological polar surface area (TPSA) is 90.5 Å². The lowest BCUT2D eigenvalue weighted by atomic mass is 10.2. The monoisotopic (exact) mass is 267 g/mol. The number of nitrogens with one attached hydrogen (secondary N) is 3. The van der Waals surface area contributed by atoms with Crippen LogP contribution >= 0.6 is 0 Å². The zero-order valence-corrected chi connectivity index (χ0v) is 10.9. The van der Waals surface area contributed by atoms with Crippen molar-refractivity contribution in [3.05, 3.63) is 24.4 Å². The average molecular weight is 267 g/mol. The number of carbonyl (C=O) groups is 2. The third-order valence-electron chi connectivity index (χ3n) is 2.80. The molecule has 0 aromatic carbocycles. The Morgan fingerprint density at radius 1 is 1.37 bits per heavy atom. The molecular weight excluding hydrogens is 246 g/mol. The summed E-state index contributed by atoms with van der Waals surface area (Å²) in [5, 5.41) is 14.2. The van der Waals surface area contributed by atoms with Gasteiger partial charge < -0.3 is 10.6 Å². The molecule has 6 heteroatoms. The van der Waals surface area contributed by atoms with Crippen LogP contribution in [-0.4, -0.2) is 29.6 Å². The van der Waals surface area contributed by atoms with Crippen LogP contribution in [0.25, 0.3) is 0 Å². The highest BCUT2D eigenvalue weighted by Crippen LogP contribution is 2.02. The van der Waals surface area contributed by atoms with Gasteiger partial charge >= 0.3 is 0 Å². The molecule has 0 fully saturated rings. The third-order valence-corrected chi connectivity index (χ3v) is 2.80. The molecule has 4 N–H and O–H groups in total. The first-order valence-corrected chi connectivity index (χ1v) is 6.52. The predicted molar refractivity (Wildman–Crippen MR) is 71.2 cm³/mol. The van der Waals surface area contributed by atoms with E-state index in [1.165, 1.54) is 0 Å². The Labute approximate surface area is 112 Å². The molecule has 1 atom stereocenters. The summed E-state index contributed by atoms with van der Waals surface area (Å²) in [5.41, 5.74) is 1.59. The van der Waals surface area contributed by atoms with Crippen molar-refractivity contribution >= 4 is 11.8 Å². The van der Waals surface area contributed by atoms with E-state index in [4.69, 9.17) is 5.21 Å². The van der Waals surface area contributed by atoms with Crippen LogP contribution in [0.1, 0.15) is 32.1 Å². The molecule has 1 aliphatic heterocycles. The van der Waals surface area contributed by atoms with Gasteiger partial charge in [0.25, 0.3) is 0 Å². The highest BCUT2D eigenvalue weighted by Gasteiger charge is 2.04. The second kappa shape index (κ2) is 9.16. The van der Waals surface area contributed by atoms with E-state index in [2.05, 4.69) is 10.6 Å². The molecule has 0 saturated heterocycles. The minimum atomic E-state index is -0.371. The zero-order chi connectivity index (χ0) is 13.9. The fraction of sp³-hybridized carbons (Fsp3) is 0.538. The summed E-state index contributed by atoms with van der Waals surface area (Å²) in [6.45, 7) is 0.597. The Hall–Kier alpha value is -1.82. The summed E-state index contributed by atoms with van der Waals surface area (Å²) in [6.07, 6.45) is 10.9. The number of rotatable bonds is 8. The van der Waals surface area contributed by atoms with E-state index in [1.54, 1.807) is 11.6 Å². The summed E-state index contributed by atoms with van der Waals surface area (Å²) in [5.74, 6) is -0.466. The van der Waals surface area contributed by atoms with E-state index in [0.29, 0.717) is 19.4 Å². The molecule has 0 bridgehead atoms. The Balaban J connectivity index is 1.96. The van der Waals surface area contributed by atoms with Gasteiger partial charge in [-0.1, -0.05) is 18.6 Å². The lowest BCUT2D eigenvalue weighted by molar-refractivity contribution is -0.129.